The van der Waals surface area contributed by atoms with Gasteiger partial charge in [0.2, 0.25) is 0 Å². The molecule has 0 fully saturated rings. The molecule has 0 aromatic heterocycles. The molecule has 0 atom stereocenters. The second-order valence-electron chi connectivity index (χ2n) is 5.27. The van der Waals surface area contributed by atoms with Gasteiger partial charge >= 0.3 is 5.97 Å². The van der Waals surface area contributed by atoms with E-state index in [2.05, 4.69) is 5.32 Å². The van der Waals surface area contributed by atoms with Crippen molar-refractivity contribution in [2.75, 3.05) is 0 Å². The van der Waals surface area contributed by atoms with Crippen LogP contribution in [0.5, 0.6) is 0 Å². The molecule has 2 N–H and O–H groups in total. The third kappa shape index (κ3) is 4.03. The summed E-state index contributed by atoms with van der Waals surface area (Å²) in [6, 6.07) is 11.4. The summed E-state index contributed by atoms with van der Waals surface area (Å²) < 4.78 is 0. The van der Waals surface area contributed by atoms with Gasteiger partial charge < -0.3 is 10.4 Å². The number of benzene rings is 2. The van der Waals surface area contributed by atoms with Crippen LogP contribution in [0.15, 0.2) is 42.5 Å². The van der Waals surface area contributed by atoms with Gasteiger partial charge in [-0.1, -0.05) is 24.3 Å². The number of aryl methyl sites for hydroxylation is 1. The molecule has 2 rings (SSSR count). The zero-order valence-electron chi connectivity index (χ0n) is 12.9. The molecule has 5 heteroatoms. The Morgan fingerprint density at radius 3 is 2.13 bits per heavy atom. The lowest BCUT2D eigenvalue weighted by atomic mass is 10.0. The fourth-order valence-electron chi connectivity index (χ4n) is 2.22. The normalized spacial score (nSPS) is 10.2. The van der Waals surface area contributed by atoms with E-state index in [0.717, 1.165) is 5.56 Å². The van der Waals surface area contributed by atoms with E-state index >= 15 is 0 Å². The lowest BCUT2D eigenvalue weighted by Gasteiger charge is -2.08. The number of ketones is 1. The molecule has 0 heterocycles. The quantitative estimate of drug-likeness (QED) is 0.832. The zero-order valence-corrected chi connectivity index (χ0v) is 12.9. The van der Waals surface area contributed by atoms with Crippen LogP contribution in [0.2, 0.25) is 0 Å². The molecule has 1 amide bonds. The highest BCUT2D eigenvalue weighted by molar-refractivity contribution is 5.97. The number of carboxylic acid groups (broad SMARTS) is 1. The SMILES string of the molecule is CC(=O)c1ccc(C(=O)NCc2ccc(C(=O)O)c(C)c2)cc1. The highest BCUT2D eigenvalue weighted by Crippen LogP contribution is 2.11. The van der Waals surface area contributed by atoms with Crippen molar-refractivity contribution >= 4 is 17.7 Å². The molecule has 0 aliphatic heterocycles. The summed E-state index contributed by atoms with van der Waals surface area (Å²) in [6.07, 6.45) is 0. The zero-order chi connectivity index (χ0) is 17.0. The lowest BCUT2D eigenvalue weighted by molar-refractivity contribution is 0.0695. The minimum atomic E-state index is -0.969. The minimum absolute atomic E-state index is 0.0500. The Kier molecular flexibility index (Phi) is 4.91. The van der Waals surface area contributed by atoms with Gasteiger partial charge in [-0.15, -0.1) is 0 Å². The molecule has 2 aromatic carbocycles. The molecule has 0 saturated heterocycles. The summed E-state index contributed by atoms with van der Waals surface area (Å²) in [5, 5.41) is 11.8. The first-order valence-corrected chi connectivity index (χ1v) is 7.10. The first-order chi connectivity index (χ1) is 10.9. The van der Waals surface area contributed by atoms with Gasteiger partial charge in [-0.3, -0.25) is 9.59 Å². The van der Waals surface area contributed by atoms with Crippen LogP contribution in [0.4, 0.5) is 0 Å². The predicted octanol–water partition coefficient (Wildman–Crippen LogP) is 2.83. The van der Waals surface area contributed by atoms with E-state index in [0.29, 0.717) is 23.2 Å². The van der Waals surface area contributed by atoms with Crippen molar-refractivity contribution in [3.05, 3.63) is 70.3 Å². The molecular weight excluding hydrogens is 294 g/mol. The van der Waals surface area contributed by atoms with Crippen LogP contribution >= 0.6 is 0 Å². The highest BCUT2D eigenvalue weighted by atomic mass is 16.4. The molecule has 0 spiro atoms. The van der Waals surface area contributed by atoms with Crippen LogP contribution in [-0.4, -0.2) is 22.8 Å². The van der Waals surface area contributed by atoms with Crippen LogP contribution in [0.1, 0.15) is 49.1 Å². The highest BCUT2D eigenvalue weighted by Gasteiger charge is 2.09. The van der Waals surface area contributed by atoms with Crippen molar-refractivity contribution in [3.63, 3.8) is 0 Å². The summed E-state index contributed by atoms with van der Waals surface area (Å²) in [7, 11) is 0. The van der Waals surface area contributed by atoms with Crippen LogP contribution in [0.3, 0.4) is 0 Å². The van der Waals surface area contributed by atoms with Crippen molar-refractivity contribution in [2.24, 2.45) is 0 Å². The van der Waals surface area contributed by atoms with Gasteiger partial charge in [0, 0.05) is 17.7 Å². The maximum atomic E-state index is 12.1. The molecule has 0 aliphatic rings. The van der Waals surface area contributed by atoms with Crippen molar-refractivity contribution in [1.29, 1.82) is 0 Å². The monoisotopic (exact) mass is 311 g/mol. The van der Waals surface area contributed by atoms with E-state index in [4.69, 9.17) is 5.11 Å². The Morgan fingerprint density at radius 2 is 1.61 bits per heavy atom. The molecule has 118 valence electrons. The van der Waals surface area contributed by atoms with Gasteiger partial charge in [0.25, 0.3) is 5.91 Å². The third-order valence-corrected chi connectivity index (χ3v) is 3.53. The van der Waals surface area contributed by atoms with Gasteiger partial charge in [-0.25, -0.2) is 4.79 Å². The lowest BCUT2D eigenvalue weighted by Crippen LogP contribution is -2.23. The van der Waals surface area contributed by atoms with E-state index in [-0.39, 0.29) is 17.3 Å². The Labute approximate surface area is 134 Å². The Morgan fingerprint density at radius 1 is 1.00 bits per heavy atom. The van der Waals surface area contributed by atoms with Gasteiger partial charge in [0.1, 0.15) is 0 Å². The van der Waals surface area contributed by atoms with Crippen molar-refractivity contribution < 1.29 is 19.5 Å². The molecule has 0 unspecified atom stereocenters. The summed E-state index contributed by atoms with van der Waals surface area (Å²) in [4.78, 5) is 34.2. The maximum Gasteiger partial charge on any atom is 0.335 e. The second-order valence-corrected chi connectivity index (χ2v) is 5.27. The summed E-state index contributed by atoms with van der Waals surface area (Å²) in [6.45, 7) is 3.49. The van der Waals surface area contributed by atoms with E-state index in [1.54, 1.807) is 43.3 Å². The van der Waals surface area contributed by atoms with Gasteiger partial charge in [-0.2, -0.15) is 0 Å². The molecule has 0 bridgehead atoms. The van der Waals surface area contributed by atoms with E-state index in [1.807, 2.05) is 0 Å². The minimum Gasteiger partial charge on any atom is -0.478 e. The number of rotatable bonds is 5. The van der Waals surface area contributed by atoms with Crippen molar-refractivity contribution in [3.8, 4) is 0 Å². The number of nitrogens with one attached hydrogen (secondary N) is 1. The second kappa shape index (κ2) is 6.87. The smallest absolute Gasteiger partial charge is 0.335 e. The van der Waals surface area contributed by atoms with Gasteiger partial charge in [0.05, 0.1) is 5.56 Å². The summed E-state index contributed by atoms with van der Waals surface area (Å²) >= 11 is 0. The number of carbonyl (C=O) groups excluding carboxylic acids is 2. The largest absolute Gasteiger partial charge is 0.478 e. The van der Waals surface area contributed by atoms with Crippen LogP contribution in [0.25, 0.3) is 0 Å². The molecule has 0 aliphatic carbocycles. The average Bonchev–Trinajstić information content (AvgIpc) is 2.52. The number of amides is 1. The fourth-order valence-corrected chi connectivity index (χ4v) is 2.22. The Balaban J connectivity index is 2.02. The maximum absolute atomic E-state index is 12.1. The van der Waals surface area contributed by atoms with E-state index in [9.17, 15) is 14.4 Å². The first-order valence-electron chi connectivity index (χ1n) is 7.10. The molecule has 5 nitrogen and oxygen atoms in total. The molecule has 23 heavy (non-hydrogen) atoms. The van der Waals surface area contributed by atoms with Gasteiger partial charge in [0.15, 0.2) is 5.78 Å². The number of aromatic carboxylic acids is 1. The van der Waals surface area contributed by atoms with Crippen molar-refractivity contribution in [1.82, 2.24) is 5.32 Å². The molecule has 0 saturated carbocycles. The fraction of sp³-hybridized carbons (Fsp3) is 0.167. The Hall–Kier alpha value is -2.95. The third-order valence-electron chi connectivity index (χ3n) is 3.53. The number of carbonyl (C=O) groups is 3. The Bertz CT molecular complexity index is 763. The molecule has 0 radical (unpaired) electrons. The first kappa shape index (κ1) is 16.4. The number of hydrogen-bond acceptors (Lipinski definition) is 3. The standard InChI is InChI=1S/C18H17NO4/c1-11-9-13(3-8-16(11)18(22)23)10-19-17(21)15-6-4-14(5-7-15)12(2)20/h3-9H,10H2,1-2H3,(H,19,21)(H,22,23). The summed E-state index contributed by atoms with van der Waals surface area (Å²) in [5.74, 6) is -1.27. The molecule has 2 aromatic rings. The van der Waals surface area contributed by atoms with E-state index in [1.165, 1.54) is 13.0 Å². The number of hydrogen-bond donors (Lipinski definition) is 2. The van der Waals surface area contributed by atoms with Crippen LogP contribution in [-0.2, 0) is 6.54 Å². The number of Topliss-reactive ketones (excluding diaryl/α,β-unsaturated/α-hetero) is 1. The molecular formula is C18H17NO4. The van der Waals surface area contributed by atoms with Crippen LogP contribution in [0, 0.1) is 6.92 Å². The average molecular weight is 311 g/mol. The van der Waals surface area contributed by atoms with Crippen LogP contribution < -0.4 is 5.32 Å². The topological polar surface area (TPSA) is 83.5 Å². The number of carboxylic acids is 1. The van der Waals surface area contributed by atoms with E-state index < -0.39 is 5.97 Å². The van der Waals surface area contributed by atoms with Gasteiger partial charge in [-0.05, 0) is 43.2 Å². The van der Waals surface area contributed by atoms with Crippen molar-refractivity contribution in [2.45, 2.75) is 20.4 Å². The summed E-state index contributed by atoms with van der Waals surface area (Å²) in [5.41, 5.74) is 2.74. The predicted molar refractivity (Wildman–Crippen MR) is 85.8 cm³/mol.